The van der Waals surface area contributed by atoms with Crippen LogP contribution in [0.25, 0.3) is 0 Å². The summed E-state index contributed by atoms with van der Waals surface area (Å²) in [4.78, 5) is 0. The van der Waals surface area contributed by atoms with E-state index >= 15 is 0 Å². The molecule has 0 unspecified atom stereocenters. The molecular formula is C11H15NO. The van der Waals surface area contributed by atoms with E-state index in [0.29, 0.717) is 5.92 Å². The summed E-state index contributed by atoms with van der Waals surface area (Å²) in [5.41, 5.74) is 2.01. The number of hydrogen-bond donors (Lipinski definition) is 1. The van der Waals surface area contributed by atoms with Crippen molar-refractivity contribution < 1.29 is 5.21 Å². The summed E-state index contributed by atoms with van der Waals surface area (Å²) in [5.74, 6) is 0.296. The maximum Gasteiger partial charge on any atom is 0.0639 e. The molecule has 2 nitrogen and oxygen atoms in total. The topological polar surface area (TPSA) is 32.6 Å². The molecule has 70 valence electrons. The summed E-state index contributed by atoms with van der Waals surface area (Å²) >= 11 is 0. The van der Waals surface area contributed by atoms with E-state index in [-0.39, 0.29) is 0 Å². The summed E-state index contributed by atoms with van der Waals surface area (Å²) in [6.07, 6.45) is 0.731. The van der Waals surface area contributed by atoms with Crippen LogP contribution in [-0.4, -0.2) is 10.9 Å². The van der Waals surface area contributed by atoms with E-state index in [0.717, 1.165) is 12.1 Å². The largest absolute Gasteiger partial charge is 0.411 e. The normalized spacial score (nSPS) is 12.1. The molecule has 0 bridgehead atoms. The molecule has 13 heavy (non-hydrogen) atoms. The second-order valence-corrected chi connectivity index (χ2v) is 3.41. The van der Waals surface area contributed by atoms with E-state index in [1.807, 2.05) is 44.2 Å². The molecule has 2 heteroatoms. The van der Waals surface area contributed by atoms with Crippen molar-refractivity contribution in [3.8, 4) is 0 Å². The zero-order valence-corrected chi connectivity index (χ0v) is 8.07. The summed E-state index contributed by atoms with van der Waals surface area (Å²) in [6.45, 7) is 4.05. The van der Waals surface area contributed by atoms with E-state index in [1.54, 1.807) is 0 Å². The molecule has 0 aliphatic heterocycles. The van der Waals surface area contributed by atoms with E-state index in [4.69, 9.17) is 5.21 Å². The van der Waals surface area contributed by atoms with Gasteiger partial charge >= 0.3 is 0 Å². The Bertz CT molecular complexity index is 277. The Morgan fingerprint density at radius 3 is 2.38 bits per heavy atom. The van der Waals surface area contributed by atoms with Crippen molar-refractivity contribution in [3.63, 3.8) is 0 Å². The first-order valence-corrected chi connectivity index (χ1v) is 4.48. The maximum atomic E-state index is 8.75. The predicted octanol–water partition coefficient (Wildman–Crippen LogP) is 2.72. The third-order valence-corrected chi connectivity index (χ3v) is 2.02. The van der Waals surface area contributed by atoms with Crippen LogP contribution in [0.3, 0.4) is 0 Å². The van der Waals surface area contributed by atoms with Crippen molar-refractivity contribution in [1.82, 2.24) is 0 Å². The minimum Gasteiger partial charge on any atom is -0.411 e. The van der Waals surface area contributed by atoms with Crippen LogP contribution in [0, 0.1) is 5.92 Å². The van der Waals surface area contributed by atoms with Crippen LogP contribution in [0.4, 0.5) is 0 Å². The van der Waals surface area contributed by atoms with E-state index in [2.05, 4.69) is 5.16 Å². The first kappa shape index (κ1) is 9.78. The van der Waals surface area contributed by atoms with Crippen molar-refractivity contribution in [1.29, 1.82) is 0 Å². The molecular weight excluding hydrogens is 162 g/mol. The molecule has 1 aromatic carbocycles. The van der Waals surface area contributed by atoms with Crippen molar-refractivity contribution in [2.75, 3.05) is 0 Å². The molecule has 0 aliphatic carbocycles. The fraction of sp³-hybridized carbons (Fsp3) is 0.364. The molecule has 0 aromatic heterocycles. The molecule has 1 rings (SSSR count). The van der Waals surface area contributed by atoms with Crippen LogP contribution in [0.15, 0.2) is 35.5 Å². The first-order chi connectivity index (χ1) is 6.24. The van der Waals surface area contributed by atoms with Gasteiger partial charge in [-0.05, 0) is 11.5 Å². The minimum absolute atomic E-state index is 0.296. The Labute approximate surface area is 78.9 Å². The van der Waals surface area contributed by atoms with Gasteiger partial charge in [-0.2, -0.15) is 0 Å². The molecule has 0 atom stereocenters. The second kappa shape index (κ2) is 4.65. The molecule has 0 spiro atoms. The third-order valence-electron chi connectivity index (χ3n) is 2.02. The van der Waals surface area contributed by atoms with Crippen LogP contribution in [0.2, 0.25) is 0 Å². The van der Waals surface area contributed by atoms with Gasteiger partial charge in [0.15, 0.2) is 0 Å². The van der Waals surface area contributed by atoms with Crippen LogP contribution in [0.5, 0.6) is 0 Å². The molecule has 1 aromatic rings. The highest BCUT2D eigenvalue weighted by Gasteiger charge is 2.06. The highest BCUT2D eigenvalue weighted by molar-refractivity contribution is 5.87. The van der Waals surface area contributed by atoms with Crippen molar-refractivity contribution in [2.24, 2.45) is 11.1 Å². The Morgan fingerprint density at radius 2 is 1.92 bits per heavy atom. The molecule has 0 saturated heterocycles. The molecule has 0 radical (unpaired) electrons. The van der Waals surface area contributed by atoms with E-state index < -0.39 is 0 Å². The van der Waals surface area contributed by atoms with E-state index in [9.17, 15) is 0 Å². The lowest BCUT2D eigenvalue weighted by Crippen LogP contribution is -2.10. The Hall–Kier alpha value is -1.31. The van der Waals surface area contributed by atoms with Gasteiger partial charge in [-0.1, -0.05) is 49.3 Å². The van der Waals surface area contributed by atoms with Gasteiger partial charge in [-0.3, -0.25) is 0 Å². The zero-order valence-electron chi connectivity index (χ0n) is 8.07. The van der Waals surface area contributed by atoms with Crippen molar-refractivity contribution in [2.45, 2.75) is 20.3 Å². The van der Waals surface area contributed by atoms with Gasteiger partial charge in [-0.15, -0.1) is 0 Å². The molecule has 0 amide bonds. The average molecular weight is 177 g/mol. The number of oxime groups is 1. The molecule has 0 saturated carbocycles. The smallest absolute Gasteiger partial charge is 0.0639 e. The highest BCUT2D eigenvalue weighted by atomic mass is 16.4. The lowest BCUT2D eigenvalue weighted by atomic mass is 10.0. The minimum atomic E-state index is 0.296. The first-order valence-electron chi connectivity index (χ1n) is 4.48. The number of hydrogen-bond acceptors (Lipinski definition) is 2. The Kier molecular flexibility index (Phi) is 3.50. The molecule has 0 aliphatic rings. The summed E-state index contributed by atoms with van der Waals surface area (Å²) in [6, 6.07) is 10.0. The number of rotatable bonds is 3. The Balaban J connectivity index is 2.69. The standard InChI is InChI=1S/C11H15NO/c1-9(2)11(12-13)8-10-6-4-3-5-7-10/h3-7,9,13H,8H2,1-2H3. The van der Waals surface area contributed by atoms with Gasteiger partial charge < -0.3 is 5.21 Å². The average Bonchev–Trinajstić information content (AvgIpc) is 2.15. The van der Waals surface area contributed by atoms with Crippen molar-refractivity contribution in [3.05, 3.63) is 35.9 Å². The summed E-state index contributed by atoms with van der Waals surface area (Å²) in [7, 11) is 0. The van der Waals surface area contributed by atoms with Crippen LogP contribution in [-0.2, 0) is 6.42 Å². The van der Waals surface area contributed by atoms with Gasteiger partial charge in [0.05, 0.1) is 5.71 Å². The summed E-state index contributed by atoms with van der Waals surface area (Å²) < 4.78 is 0. The lowest BCUT2D eigenvalue weighted by Gasteiger charge is -2.07. The second-order valence-electron chi connectivity index (χ2n) is 3.41. The zero-order chi connectivity index (χ0) is 9.68. The van der Waals surface area contributed by atoms with Crippen LogP contribution in [0.1, 0.15) is 19.4 Å². The highest BCUT2D eigenvalue weighted by Crippen LogP contribution is 2.06. The van der Waals surface area contributed by atoms with Crippen LogP contribution < -0.4 is 0 Å². The maximum absolute atomic E-state index is 8.75. The van der Waals surface area contributed by atoms with Gasteiger partial charge in [0.1, 0.15) is 0 Å². The Morgan fingerprint density at radius 1 is 1.31 bits per heavy atom. The van der Waals surface area contributed by atoms with Gasteiger partial charge in [-0.25, -0.2) is 0 Å². The number of benzene rings is 1. The van der Waals surface area contributed by atoms with Crippen molar-refractivity contribution >= 4 is 5.71 Å². The molecule has 1 N–H and O–H groups in total. The van der Waals surface area contributed by atoms with E-state index in [1.165, 1.54) is 5.56 Å². The van der Waals surface area contributed by atoms with Gasteiger partial charge in [0.2, 0.25) is 0 Å². The fourth-order valence-electron chi connectivity index (χ4n) is 1.16. The molecule has 0 fully saturated rings. The number of nitrogens with zero attached hydrogens (tertiary/aromatic N) is 1. The third kappa shape index (κ3) is 2.90. The quantitative estimate of drug-likeness (QED) is 0.430. The fourth-order valence-corrected chi connectivity index (χ4v) is 1.16. The lowest BCUT2D eigenvalue weighted by molar-refractivity contribution is 0.314. The molecule has 0 heterocycles. The van der Waals surface area contributed by atoms with Crippen LogP contribution >= 0.6 is 0 Å². The summed E-state index contributed by atoms with van der Waals surface area (Å²) in [5, 5.41) is 12.0. The predicted molar refractivity (Wildman–Crippen MR) is 54.2 cm³/mol. The van der Waals surface area contributed by atoms with Gasteiger partial charge in [0, 0.05) is 6.42 Å². The SMILES string of the molecule is CC(C)C(Cc1ccccc1)=NO. The van der Waals surface area contributed by atoms with Gasteiger partial charge in [0.25, 0.3) is 0 Å². The monoisotopic (exact) mass is 177 g/mol.